The number of carbonyl (C=O) groups is 1. The number of aromatic amines is 1. The van der Waals surface area contributed by atoms with Gasteiger partial charge in [-0.15, -0.1) is 0 Å². The van der Waals surface area contributed by atoms with Crippen molar-refractivity contribution >= 4 is 16.9 Å². The number of benzene rings is 1. The van der Waals surface area contributed by atoms with E-state index in [-0.39, 0.29) is 5.56 Å². The molecule has 4 nitrogen and oxygen atoms in total. The number of carboxylic acid groups (broad SMARTS) is 1. The highest BCUT2D eigenvalue weighted by atomic mass is 16.4. The lowest BCUT2D eigenvalue weighted by molar-refractivity contribution is 0.0694. The van der Waals surface area contributed by atoms with E-state index < -0.39 is 11.5 Å². The van der Waals surface area contributed by atoms with Crippen LogP contribution in [0.25, 0.3) is 10.9 Å². The molecule has 0 aliphatic carbocycles. The fourth-order valence-electron chi connectivity index (χ4n) is 1.82. The van der Waals surface area contributed by atoms with E-state index in [0.29, 0.717) is 11.1 Å². The molecule has 0 fully saturated rings. The van der Waals surface area contributed by atoms with Crippen LogP contribution in [0.4, 0.5) is 0 Å². The standard InChI is InChI=1S/C12H11NO3/c1-6-3-4-9-8(5-6)7(2)10(12(15)16)11(14)13-9/h3-5H,1-2H3,(H,13,14)(H,15,16). The van der Waals surface area contributed by atoms with E-state index in [9.17, 15) is 9.59 Å². The number of aryl methyl sites for hydroxylation is 2. The Hall–Kier alpha value is -2.10. The molecule has 1 aromatic carbocycles. The number of carboxylic acids is 1. The maximum atomic E-state index is 11.5. The van der Waals surface area contributed by atoms with Crippen LogP contribution < -0.4 is 5.56 Å². The van der Waals surface area contributed by atoms with E-state index in [1.54, 1.807) is 13.0 Å². The smallest absolute Gasteiger partial charge is 0.341 e. The van der Waals surface area contributed by atoms with Crippen molar-refractivity contribution in [2.45, 2.75) is 13.8 Å². The van der Waals surface area contributed by atoms with Crippen molar-refractivity contribution in [1.82, 2.24) is 4.98 Å². The van der Waals surface area contributed by atoms with Gasteiger partial charge >= 0.3 is 5.97 Å². The average Bonchev–Trinajstić information content (AvgIpc) is 2.19. The van der Waals surface area contributed by atoms with E-state index in [4.69, 9.17) is 5.11 Å². The summed E-state index contributed by atoms with van der Waals surface area (Å²) in [5, 5.41) is 9.73. The first-order valence-electron chi connectivity index (χ1n) is 4.87. The lowest BCUT2D eigenvalue weighted by Gasteiger charge is -2.06. The van der Waals surface area contributed by atoms with E-state index in [1.165, 1.54) is 0 Å². The zero-order chi connectivity index (χ0) is 11.9. The van der Waals surface area contributed by atoms with Crippen LogP contribution in [0, 0.1) is 13.8 Å². The third-order valence-electron chi connectivity index (χ3n) is 2.64. The molecule has 16 heavy (non-hydrogen) atoms. The summed E-state index contributed by atoms with van der Waals surface area (Å²) in [5.41, 5.74) is 1.46. The zero-order valence-electron chi connectivity index (χ0n) is 9.00. The molecule has 0 saturated heterocycles. The van der Waals surface area contributed by atoms with E-state index >= 15 is 0 Å². The van der Waals surface area contributed by atoms with E-state index in [1.807, 2.05) is 19.1 Å². The number of aromatic carboxylic acids is 1. The maximum absolute atomic E-state index is 11.5. The fraction of sp³-hybridized carbons (Fsp3) is 0.167. The molecule has 1 heterocycles. The van der Waals surface area contributed by atoms with Crippen LogP contribution in [0.5, 0.6) is 0 Å². The molecule has 0 aliphatic heterocycles. The Kier molecular flexibility index (Phi) is 2.27. The second-order valence-electron chi connectivity index (χ2n) is 3.81. The molecule has 0 unspecified atom stereocenters. The highest BCUT2D eigenvalue weighted by Gasteiger charge is 2.15. The number of fused-ring (bicyclic) bond motifs is 1. The van der Waals surface area contributed by atoms with Gasteiger partial charge in [0.15, 0.2) is 0 Å². The highest BCUT2D eigenvalue weighted by Crippen LogP contribution is 2.18. The Bertz CT molecular complexity index is 640. The number of hydrogen-bond donors (Lipinski definition) is 2. The van der Waals surface area contributed by atoms with Gasteiger partial charge in [-0.05, 0) is 31.5 Å². The molecule has 0 saturated carbocycles. The minimum Gasteiger partial charge on any atom is -0.477 e. The second kappa shape index (κ2) is 3.48. The van der Waals surface area contributed by atoms with Crippen molar-refractivity contribution in [3.05, 3.63) is 45.2 Å². The molecule has 0 amide bonds. The summed E-state index contributed by atoms with van der Waals surface area (Å²) in [5.74, 6) is -1.19. The number of pyridine rings is 1. The van der Waals surface area contributed by atoms with Crippen LogP contribution >= 0.6 is 0 Å². The van der Waals surface area contributed by atoms with Gasteiger partial charge in [0.25, 0.3) is 5.56 Å². The van der Waals surface area contributed by atoms with Crippen molar-refractivity contribution < 1.29 is 9.90 Å². The van der Waals surface area contributed by atoms with Gasteiger partial charge in [0.1, 0.15) is 5.56 Å². The summed E-state index contributed by atoms with van der Waals surface area (Å²) >= 11 is 0. The fourth-order valence-corrected chi connectivity index (χ4v) is 1.82. The maximum Gasteiger partial charge on any atom is 0.341 e. The quantitative estimate of drug-likeness (QED) is 0.765. The van der Waals surface area contributed by atoms with Crippen molar-refractivity contribution in [2.75, 3.05) is 0 Å². The zero-order valence-corrected chi connectivity index (χ0v) is 9.00. The third-order valence-corrected chi connectivity index (χ3v) is 2.64. The Morgan fingerprint density at radius 1 is 1.31 bits per heavy atom. The van der Waals surface area contributed by atoms with Gasteiger partial charge in [-0.3, -0.25) is 4.79 Å². The minimum atomic E-state index is -1.19. The molecule has 82 valence electrons. The molecule has 2 aromatic rings. The lowest BCUT2D eigenvalue weighted by atomic mass is 10.0. The Labute approximate surface area is 91.5 Å². The van der Waals surface area contributed by atoms with Gasteiger partial charge < -0.3 is 10.1 Å². The van der Waals surface area contributed by atoms with Crippen LogP contribution in [-0.4, -0.2) is 16.1 Å². The molecular formula is C12H11NO3. The molecule has 0 bridgehead atoms. The molecule has 1 aromatic heterocycles. The third kappa shape index (κ3) is 1.48. The number of rotatable bonds is 1. The predicted molar refractivity (Wildman–Crippen MR) is 61.0 cm³/mol. The monoisotopic (exact) mass is 217 g/mol. The van der Waals surface area contributed by atoms with Crippen molar-refractivity contribution in [3.8, 4) is 0 Å². The first-order chi connectivity index (χ1) is 7.50. The van der Waals surface area contributed by atoms with E-state index in [0.717, 1.165) is 10.9 Å². The van der Waals surface area contributed by atoms with Gasteiger partial charge in [0.05, 0.1) is 0 Å². The summed E-state index contributed by atoms with van der Waals surface area (Å²) in [6.07, 6.45) is 0. The Morgan fingerprint density at radius 3 is 2.62 bits per heavy atom. The first-order valence-corrected chi connectivity index (χ1v) is 4.87. The average molecular weight is 217 g/mol. The summed E-state index contributed by atoms with van der Waals surface area (Å²) in [4.78, 5) is 25.1. The van der Waals surface area contributed by atoms with Crippen molar-refractivity contribution in [1.29, 1.82) is 0 Å². The van der Waals surface area contributed by atoms with Gasteiger partial charge in [-0.1, -0.05) is 11.6 Å². The van der Waals surface area contributed by atoms with Crippen LogP contribution in [0.1, 0.15) is 21.5 Å². The molecule has 0 atom stereocenters. The van der Waals surface area contributed by atoms with Crippen LogP contribution in [0.15, 0.2) is 23.0 Å². The summed E-state index contributed by atoms with van der Waals surface area (Å²) in [7, 11) is 0. The molecule has 0 aliphatic rings. The van der Waals surface area contributed by atoms with Crippen molar-refractivity contribution in [3.63, 3.8) is 0 Å². The lowest BCUT2D eigenvalue weighted by Crippen LogP contribution is -2.19. The summed E-state index contributed by atoms with van der Waals surface area (Å²) in [6, 6.07) is 5.52. The molecule has 2 rings (SSSR count). The molecule has 0 spiro atoms. The summed E-state index contributed by atoms with van der Waals surface area (Å²) in [6.45, 7) is 3.57. The van der Waals surface area contributed by atoms with Gasteiger partial charge in [-0.2, -0.15) is 0 Å². The minimum absolute atomic E-state index is 0.182. The largest absolute Gasteiger partial charge is 0.477 e. The highest BCUT2D eigenvalue weighted by molar-refractivity contribution is 5.95. The van der Waals surface area contributed by atoms with Gasteiger partial charge in [0.2, 0.25) is 0 Å². The van der Waals surface area contributed by atoms with Crippen molar-refractivity contribution in [2.24, 2.45) is 0 Å². The topological polar surface area (TPSA) is 70.2 Å². The molecule has 4 heteroatoms. The number of nitrogens with one attached hydrogen (secondary N) is 1. The SMILES string of the molecule is Cc1ccc2[nH]c(=O)c(C(=O)O)c(C)c2c1. The van der Waals surface area contributed by atoms with Crippen LogP contribution in [0.3, 0.4) is 0 Å². The molecular weight excluding hydrogens is 206 g/mol. The summed E-state index contributed by atoms with van der Waals surface area (Å²) < 4.78 is 0. The molecule has 2 N–H and O–H groups in total. The van der Waals surface area contributed by atoms with Crippen LogP contribution in [0.2, 0.25) is 0 Å². The second-order valence-corrected chi connectivity index (χ2v) is 3.81. The predicted octanol–water partition coefficient (Wildman–Crippen LogP) is 1.84. The molecule has 0 radical (unpaired) electrons. The number of aromatic nitrogens is 1. The number of hydrogen-bond acceptors (Lipinski definition) is 2. The van der Waals surface area contributed by atoms with Gasteiger partial charge in [-0.25, -0.2) is 4.79 Å². The van der Waals surface area contributed by atoms with Gasteiger partial charge in [0, 0.05) is 10.9 Å². The normalized spacial score (nSPS) is 10.6. The first kappa shape index (κ1) is 10.4. The van der Waals surface area contributed by atoms with Crippen LogP contribution in [-0.2, 0) is 0 Å². The Balaban J connectivity index is 2.96. The number of H-pyrrole nitrogens is 1. The van der Waals surface area contributed by atoms with E-state index in [2.05, 4.69) is 4.98 Å². The Morgan fingerprint density at radius 2 is 2.00 bits per heavy atom.